The molecule has 1 amide bonds. The van der Waals surface area contributed by atoms with Gasteiger partial charge in [-0.1, -0.05) is 26.0 Å². The van der Waals surface area contributed by atoms with Gasteiger partial charge in [-0.05, 0) is 24.5 Å². The maximum atomic E-state index is 12.1. The number of amides is 1. The number of carbonyl (C=O) groups excluding carboxylic acids is 1. The van der Waals surface area contributed by atoms with E-state index in [1.54, 1.807) is 26.2 Å². The molecule has 106 valence electrons. The predicted octanol–water partition coefficient (Wildman–Crippen LogP) is 2.51. The van der Waals surface area contributed by atoms with Crippen LogP contribution < -0.4 is 10.2 Å². The highest BCUT2D eigenvalue weighted by atomic mass is 16.5. The zero-order valence-corrected chi connectivity index (χ0v) is 12.7. The third-order valence-corrected chi connectivity index (χ3v) is 3.11. The Labute approximate surface area is 115 Å². The molecule has 0 aliphatic carbocycles. The number of carbonyl (C=O) groups is 1. The van der Waals surface area contributed by atoms with Crippen LogP contribution >= 0.6 is 0 Å². The van der Waals surface area contributed by atoms with E-state index in [1.807, 2.05) is 19.1 Å². The zero-order valence-electron chi connectivity index (χ0n) is 12.7. The van der Waals surface area contributed by atoms with Crippen molar-refractivity contribution in [2.75, 3.05) is 21.2 Å². The summed E-state index contributed by atoms with van der Waals surface area (Å²) in [6.45, 7) is 6.16. The monoisotopic (exact) mass is 264 g/mol. The summed E-state index contributed by atoms with van der Waals surface area (Å²) < 4.78 is 5.36. The van der Waals surface area contributed by atoms with Crippen LogP contribution in [-0.4, -0.2) is 32.1 Å². The van der Waals surface area contributed by atoms with Crippen LogP contribution in [0, 0.1) is 0 Å². The number of hydrazine groups is 1. The Morgan fingerprint density at radius 3 is 2.37 bits per heavy atom. The molecule has 1 rings (SSSR count). The number of hydrogen-bond acceptors (Lipinski definition) is 3. The van der Waals surface area contributed by atoms with E-state index in [9.17, 15) is 4.79 Å². The molecule has 0 fully saturated rings. The first-order valence-electron chi connectivity index (χ1n) is 6.52. The van der Waals surface area contributed by atoms with E-state index in [0.717, 1.165) is 11.3 Å². The van der Waals surface area contributed by atoms with Crippen molar-refractivity contribution >= 4 is 5.91 Å². The van der Waals surface area contributed by atoms with Gasteiger partial charge in [0.2, 0.25) is 5.91 Å². The van der Waals surface area contributed by atoms with Gasteiger partial charge in [-0.15, -0.1) is 0 Å². The fourth-order valence-corrected chi connectivity index (χ4v) is 1.91. The van der Waals surface area contributed by atoms with Crippen LogP contribution in [0.15, 0.2) is 18.2 Å². The quantitative estimate of drug-likeness (QED) is 0.831. The van der Waals surface area contributed by atoms with Gasteiger partial charge in [-0.25, -0.2) is 5.01 Å². The molecule has 0 heterocycles. The van der Waals surface area contributed by atoms with Crippen molar-refractivity contribution in [2.45, 2.75) is 32.6 Å². The average molecular weight is 264 g/mol. The van der Waals surface area contributed by atoms with Crippen LogP contribution in [-0.2, 0) is 4.79 Å². The normalized spacial score (nSPS) is 12.6. The van der Waals surface area contributed by atoms with Crippen LogP contribution in [0.25, 0.3) is 0 Å². The van der Waals surface area contributed by atoms with Gasteiger partial charge < -0.3 is 4.74 Å². The molecule has 4 heteroatoms. The van der Waals surface area contributed by atoms with E-state index in [-0.39, 0.29) is 11.8 Å². The van der Waals surface area contributed by atoms with E-state index in [1.165, 1.54) is 5.56 Å². The minimum atomic E-state index is -0.254. The van der Waals surface area contributed by atoms with Crippen LogP contribution in [0.2, 0.25) is 0 Å². The van der Waals surface area contributed by atoms with E-state index in [4.69, 9.17) is 4.74 Å². The summed E-state index contributed by atoms with van der Waals surface area (Å²) in [7, 11) is 5.23. The summed E-state index contributed by atoms with van der Waals surface area (Å²) in [5, 5.41) is 1.65. The molecule has 0 radical (unpaired) electrons. The van der Waals surface area contributed by atoms with E-state index in [0.29, 0.717) is 5.92 Å². The Bertz CT molecular complexity index is 442. The van der Waals surface area contributed by atoms with Gasteiger partial charge in [-0.2, -0.15) is 0 Å². The van der Waals surface area contributed by atoms with Gasteiger partial charge in [-0.3, -0.25) is 10.2 Å². The second-order valence-corrected chi connectivity index (χ2v) is 5.25. The fourth-order valence-electron chi connectivity index (χ4n) is 1.91. The Balaban J connectivity index is 3.08. The van der Waals surface area contributed by atoms with Crippen molar-refractivity contribution in [3.63, 3.8) is 0 Å². The molecule has 1 atom stereocenters. The molecule has 19 heavy (non-hydrogen) atoms. The molecule has 0 bridgehead atoms. The largest absolute Gasteiger partial charge is 0.496 e. The highest BCUT2D eigenvalue weighted by Gasteiger charge is 2.20. The van der Waals surface area contributed by atoms with Crippen molar-refractivity contribution in [1.29, 1.82) is 0 Å². The SMILES string of the molecule is COc1ccc(C(C)C)cc1C(C)C(=O)NN(C)C. The smallest absolute Gasteiger partial charge is 0.241 e. The molecule has 0 aliphatic rings. The van der Waals surface area contributed by atoms with Crippen molar-refractivity contribution in [1.82, 2.24) is 10.4 Å². The van der Waals surface area contributed by atoms with Gasteiger partial charge in [0.05, 0.1) is 13.0 Å². The first-order valence-corrected chi connectivity index (χ1v) is 6.52. The van der Waals surface area contributed by atoms with Crippen molar-refractivity contribution < 1.29 is 9.53 Å². The molecule has 0 aliphatic heterocycles. The lowest BCUT2D eigenvalue weighted by Crippen LogP contribution is -2.38. The summed E-state index contributed by atoms with van der Waals surface area (Å²) in [4.78, 5) is 12.1. The number of nitrogens with one attached hydrogen (secondary N) is 1. The van der Waals surface area contributed by atoms with E-state index >= 15 is 0 Å². The lowest BCUT2D eigenvalue weighted by Gasteiger charge is -2.20. The molecule has 0 spiro atoms. The predicted molar refractivity (Wildman–Crippen MR) is 77.3 cm³/mol. The fraction of sp³-hybridized carbons (Fsp3) is 0.533. The summed E-state index contributed by atoms with van der Waals surface area (Å²) in [6, 6.07) is 6.04. The number of ether oxygens (including phenoxy) is 1. The van der Waals surface area contributed by atoms with Gasteiger partial charge >= 0.3 is 0 Å². The third-order valence-electron chi connectivity index (χ3n) is 3.11. The standard InChI is InChI=1S/C15H24N2O2/c1-10(2)12-7-8-14(19-6)13(9-12)11(3)15(18)16-17(4)5/h7-11H,1-6H3,(H,16,18). The average Bonchev–Trinajstić information content (AvgIpc) is 2.36. The number of methoxy groups -OCH3 is 1. The summed E-state index contributed by atoms with van der Waals surface area (Å²) in [5.74, 6) is 0.889. The molecule has 1 unspecified atom stereocenters. The Morgan fingerprint density at radius 1 is 1.26 bits per heavy atom. The highest BCUT2D eigenvalue weighted by Crippen LogP contribution is 2.30. The summed E-state index contributed by atoms with van der Waals surface area (Å²) >= 11 is 0. The van der Waals surface area contributed by atoms with E-state index < -0.39 is 0 Å². The Hall–Kier alpha value is -1.55. The van der Waals surface area contributed by atoms with Crippen LogP contribution in [0.3, 0.4) is 0 Å². The molecule has 0 aromatic heterocycles. The number of hydrogen-bond donors (Lipinski definition) is 1. The van der Waals surface area contributed by atoms with Crippen LogP contribution in [0.1, 0.15) is 43.7 Å². The zero-order chi connectivity index (χ0) is 14.6. The number of nitrogens with zero attached hydrogens (tertiary/aromatic N) is 1. The summed E-state index contributed by atoms with van der Waals surface area (Å²) in [5.41, 5.74) is 4.91. The molecular formula is C15H24N2O2. The van der Waals surface area contributed by atoms with Crippen molar-refractivity contribution in [3.8, 4) is 5.75 Å². The Morgan fingerprint density at radius 2 is 1.89 bits per heavy atom. The third kappa shape index (κ3) is 3.96. The first-order chi connectivity index (χ1) is 8.86. The second kappa shape index (κ2) is 6.57. The molecular weight excluding hydrogens is 240 g/mol. The molecule has 0 saturated carbocycles. The van der Waals surface area contributed by atoms with Gasteiger partial charge in [0.25, 0.3) is 0 Å². The lowest BCUT2D eigenvalue weighted by atomic mass is 9.93. The topological polar surface area (TPSA) is 41.6 Å². The maximum absolute atomic E-state index is 12.1. The van der Waals surface area contributed by atoms with Crippen molar-refractivity contribution in [3.05, 3.63) is 29.3 Å². The van der Waals surface area contributed by atoms with Crippen LogP contribution in [0.5, 0.6) is 5.75 Å². The Kier molecular flexibility index (Phi) is 5.36. The molecule has 4 nitrogen and oxygen atoms in total. The summed E-state index contributed by atoms with van der Waals surface area (Å²) in [6.07, 6.45) is 0. The first kappa shape index (κ1) is 15.5. The van der Waals surface area contributed by atoms with E-state index in [2.05, 4.69) is 25.3 Å². The number of benzene rings is 1. The lowest BCUT2D eigenvalue weighted by molar-refractivity contribution is -0.126. The second-order valence-electron chi connectivity index (χ2n) is 5.25. The highest BCUT2D eigenvalue weighted by molar-refractivity contribution is 5.83. The molecule has 0 saturated heterocycles. The van der Waals surface area contributed by atoms with Gasteiger partial charge in [0.1, 0.15) is 5.75 Å². The van der Waals surface area contributed by atoms with Gasteiger partial charge in [0.15, 0.2) is 0 Å². The molecule has 1 aromatic rings. The maximum Gasteiger partial charge on any atom is 0.241 e. The van der Waals surface area contributed by atoms with Gasteiger partial charge in [0, 0.05) is 19.7 Å². The van der Waals surface area contributed by atoms with Crippen molar-refractivity contribution in [2.24, 2.45) is 0 Å². The minimum Gasteiger partial charge on any atom is -0.496 e. The number of rotatable bonds is 5. The molecule has 1 N–H and O–H groups in total. The molecule has 1 aromatic carbocycles. The van der Waals surface area contributed by atoms with Crippen LogP contribution in [0.4, 0.5) is 0 Å². The minimum absolute atomic E-state index is 0.0378.